The first-order valence-electron chi connectivity index (χ1n) is 20.8. The number of esters is 4. The van der Waals surface area contributed by atoms with Crippen molar-refractivity contribution in [3.63, 3.8) is 0 Å². The Balaban J connectivity index is 5.86. The van der Waals surface area contributed by atoms with E-state index in [1.54, 1.807) is 0 Å². The summed E-state index contributed by atoms with van der Waals surface area (Å²) in [6.45, 7) is 11.1. The van der Waals surface area contributed by atoms with Gasteiger partial charge in [-0.25, -0.2) is 0 Å². The first kappa shape index (κ1) is 48.8. The van der Waals surface area contributed by atoms with Crippen molar-refractivity contribution in [3.8, 4) is 0 Å². The van der Waals surface area contributed by atoms with Crippen molar-refractivity contribution >= 4 is 23.9 Å². The number of carbonyl (C=O) groups is 4. The zero-order valence-corrected chi connectivity index (χ0v) is 34.2. The molecule has 0 fully saturated rings. The van der Waals surface area contributed by atoms with E-state index in [0.29, 0.717) is 18.3 Å². The maximum Gasteiger partial charge on any atom is 0.305 e. The van der Waals surface area contributed by atoms with Crippen LogP contribution in [0.3, 0.4) is 0 Å². The van der Waals surface area contributed by atoms with Gasteiger partial charge in [0.25, 0.3) is 0 Å². The van der Waals surface area contributed by atoms with Crippen LogP contribution >= 0.6 is 0 Å². The second-order valence-electron chi connectivity index (χ2n) is 15.2. The molecule has 0 radical (unpaired) electrons. The van der Waals surface area contributed by atoms with Crippen molar-refractivity contribution in [2.45, 2.75) is 182 Å². The van der Waals surface area contributed by atoms with E-state index < -0.39 is 5.41 Å². The zero-order chi connectivity index (χ0) is 38.2. The molecule has 0 amide bonds. The van der Waals surface area contributed by atoms with Crippen LogP contribution in [0.2, 0.25) is 0 Å². The summed E-state index contributed by atoms with van der Waals surface area (Å²) >= 11 is 0. The third-order valence-electron chi connectivity index (χ3n) is 9.73. The molecule has 0 aromatic carbocycles. The van der Waals surface area contributed by atoms with Crippen molar-refractivity contribution in [1.82, 2.24) is 4.90 Å². The molecule has 0 aliphatic rings. The molecule has 0 aliphatic carbocycles. The number of ether oxygens (including phenoxy) is 4. The summed E-state index contributed by atoms with van der Waals surface area (Å²) in [6, 6.07) is 0. The van der Waals surface area contributed by atoms with E-state index in [9.17, 15) is 19.2 Å². The lowest BCUT2D eigenvalue weighted by Gasteiger charge is -2.32. The molecular weight excluding hydrogens is 646 g/mol. The predicted octanol–water partition coefficient (Wildman–Crippen LogP) is 10.0. The van der Waals surface area contributed by atoms with E-state index >= 15 is 0 Å². The van der Waals surface area contributed by atoms with Crippen LogP contribution in [0.25, 0.3) is 0 Å². The Kier molecular flexibility index (Phi) is 31.1. The molecule has 0 bridgehead atoms. The molecule has 0 rings (SSSR count). The molecule has 9 nitrogen and oxygen atoms in total. The summed E-state index contributed by atoms with van der Waals surface area (Å²) in [5.74, 6) is -0.399. The molecule has 51 heavy (non-hydrogen) atoms. The number of carbonyl (C=O) groups excluding carboxylic acids is 4. The van der Waals surface area contributed by atoms with Crippen molar-refractivity contribution < 1.29 is 38.1 Å². The lowest BCUT2D eigenvalue weighted by atomic mass is 9.80. The lowest BCUT2D eigenvalue weighted by Crippen LogP contribution is -2.44. The predicted molar refractivity (Wildman–Crippen MR) is 206 cm³/mol. The molecule has 1 atom stereocenters. The maximum absolute atomic E-state index is 13.3. The minimum Gasteiger partial charge on any atom is -0.465 e. The van der Waals surface area contributed by atoms with E-state index in [4.69, 9.17) is 18.9 Å². The normalized spacial score (nSPS) is 12.3. The number of hydrogen-bond acceptors (Lipinski definition) is 9. The third kappa shape index (κ3) is 27.2. The van der Waals surface area contributed by atoms with Gasteiger partial charge in [0.15, 0.2) is 0 Å². The topological polar surface area (TPSA) is 108 Å². The average molecular weight is 726 g/mol. The Hall–Kier alpha value is -2.16. The van der Waals surface area contributed by atoms with Crippen molar-refractivity contribution in [1.29, 1.82) is 0 Å². The fraction of sp³-hybridized carbons (Fsp3) is 0.905. The monoisotopic (exact) mass is 726 g/mol. The second kappa shape index (κ2) is 32.5. The Labute approximate surface area is 313 Å². The minimum atomic E-state index is -1.21. The van der Waals surface area contributed by atoms with Crippen LogP contribution in [0.1, 0.15) is 182 Å². The Morgan fingerprint density at radius 1 is 0.431 bits per heavy atom. The molecule has 0 spiro atoms. The van der Waals surface area contributed by atoms with Crippen LogP contribution in [0.4, 0.5) is 0 Å². The van der Waals surface area contributed by atoms with E-state index in [1.165, 1.54) is 0 Å². The molecule has 300 valence electrons. The van der Waals surface area contributed by atoms with Crippen LogP contribution < -0.4 is 0 Å². The first-order chi connectivity index (χ1) is 24.6. The average Bonchev–Trinajstić information content (AvgIpc) is 3.11. The van der Waals surface area contributed by atoms with Gasteiger partial charge in [0, 0.05) is 25.7 Å². The number of hydrogen-bond donors (Lipinski definition) is 0. The summed E-state index contributed by atoms with van der Waals surface area (Å²) in [7, 11) is 3.98. The lowest BCUT2D eigenvalue weighted by molar-refractivity contribution is -0.171. The standard InChI is InChI=1S/C42H79NO8/c1-8-13-15-17-19-26-38(44)48-32-42(33-49-39(45)27-20-18-16-14-9-2,34-50-40(46)28-21-22-31-43(6)7)35-51-41(47)30-29-37(25-12-5)36(23-10-3)24-11-4/h36-37H,8-35H2,1-7H3. The Morgan fingerprint density at radius 2 is 0.765 bits per heavy atom. The van der Waals surface area contributed by atoms with E-state index in [0.717, 1.165) is 122 Å². The van der Waals surface area contributed by atoms with Crippen LogP contribution in [-0.4, -0.2) is 75.8 Å². The quantitative estimate of drug-likeness (QED) is 0.0358. The number of unbranched alkanes of at least 4 members (excludes halogenated alkanes) is 9. The third-order valence-corrected chi connectivity index (χ3v) is 9.73. The summed E-state index contributed by atoms with van der Waals surface area (Å²) in [6.07, 6.45) is 20.1. The first-order valence-corrected chi connectivity index (χ1v) is 20.8. The molecule has 0 saturated heterocycles. The summed E-state index contributed by atoms with van der Waals surface area (Å²) in [4.78, 5) is 53.9. The van der Waals surface area contributed by atoms with Gasteiger partial charge < -0.3 is 23.8 Å². The highest BCUT2D eigenvalue weighted by molar-refractivity contribution is 5.71. The highest BCUT2D eigenvalue weighted by Crippen LogP contribution is 2.31. The fourth-order valence-corrected chi connectivity index (χ4v) is 6.56. The summed E-state index contributed by atoms with van der Waals surface area (Å²) in [5.41, 5.74) is -1.21. The second-order valence-corrected chi connectivity index (χ2v) is 15.2. The smallest absolute Gasteiger partial charge is 0.305 e. The Bertz CT molecular complexity index is 856. The maximum atomic E-state index is 13.3. The van der Waals surface area contributed by atoms with E-state index in [1.807, 2.05) is 14.1 Å². The number of rotatable bonds is 35. The van der Waals surface area contributed by atoms with Gasteiger partial charge in [-0.1, -0.05) is 125 Å². The van der Waals surface area contributed by atoms with Crippen LogP contribution in [-0.2, 0) is 38.1 Å². The molecule has 0 heterocycles. The molecule has 0 aromatic heterocycles. The van der Waals surface area contributed by atoms with E-state index in [2.05, 4.69) is 39.5 Å². The van der Waals surface area contributed by atoms with Crippen molar-refractivity contribution in [3.05, 3.63) is 0 Å². The van der Waals surface area contributed by atoms with Crippen LogP contribution in [0, 0.1) is 17.3 Å². The zero-order valence-electron chi connectivity index (χ0n) is 34.2. The molecule has 0 aliphatic heterocycles. The largest absolute Gasteiger partial charge is 0.465 e. The highest BCUT2D eigenvalue weighted by atomic mass is 16.6. The van der Waals surface area contributed by atoms with Gasteiger partial charge in [0.05, 0.1) is 0 Å². The highest BCUT2D eigenvalue weighted by Gasteiger charge is 2.38. The van der Waals surface area contributed by atoms with Gasteiger partial charge in [-0.2, -0.15) is 0 Å². The molecule has 0 N–H and O–H groups in total. The van der Waals surface area contributed by atoms with Crippen LogP contribution in [0.5, 0.6) is 0 Å². The van der Waals surface area contributed by atoms with E-state index in [-0.39, 0.29) is 76.0 Å². The fourth-order valence-electron chi connectivity index (χ4n) is 6.56. The Morgan fingerprint density at radius 3 is 1.12 bits per heavy atom. The minimum absolute atomic E-state index is 0.181. The van der Waals surface area contributed by atoms with Gasteiger partial charge in [0.1, 0.15) is 31.8 Å². The van der Waals surface area contributed by atoms with Crippen LogP contribution in [0.15, 0.2) is 0 Å². The summed E-state index contributed by atoms with van der Waals surface area (Å²) < 4.78 is 23.2. The SMILES string of the molecule is CCCCCCCC(=O)OCC(COC(=O)CCCCCCC)(COC(=O)CCCCN(C)C)COC(=O)CCC(CCC)C(CCC)CCC. The van der Waals surface area contributed by atoms with Gasteiger partial charge in [-0.05, 0) is 64.6 Å². The number of nitrogens with zero attached hydrogens (tertiary/aromatic N) is 1. The van der Waals surface area contributed by atoms with Gasteiger partial charge in [-0.15, -0.1) is 0 Å². The van der Waals surface area contributed by atoms with Gasteiger partial charge in [0.2, 0.25) is 0 Å². The molecule has 0 aromatic rings. The molecule has 0 saturated carbocycles. The van der Waals surface area contributed by atoms with Crippen molar-refractivity contribution in [2.24, 2.45) is 17.3 Å². The van der Waals surface area contributed by atoms with Gasteiger partial charge in [-0.3, -0.25) is 19.2 Å². The van der Waals surface area contributed by atoms with Crippen molar-refractivity contribution in [2.75, 3.05) is 47.1 Å². The van der Waals surface area contributed by atoms with Gasteiger partial charge >= 0.3 is 23.9 Å². The molecular formula is C42H79NO8. The summed E-state index contributed by atoms with van der Waals surface area (Å²) in [5, 5.41) is 0. The molecule has 1 unspecified atom stereocenters. The molecule has 9 heteroatoms.